The third-order valence-electron chi connectivity index (χ3n) is 3.35. The number of hydrogen-bond donors (Lipinski definition) is 0. The van der Waals surface area contributed by atoms with Crippen LogP contribution in [0.15, 0.2) is 48.8 Å². The number of ether oxygens (including phenoxy) is 1. The van der Waals surface area contributed by atoms with Crippen LogP contribution in [0.3, 0.4) is 0 Å². The molecule has 0 radical (unpaired) electrons. The van der Waals surface area contributed by atoms with Crippen LogP contribution >= 0.6 is 0 Å². The summed E-state index contributed by atoms with van der Waals surface area (Å²) in [5, 5.41) is 12.0. The minimum Gasteiger partial charge on any atom is -0.481 e. The van der Waals surface area contributed by atoms with E-state index in [-0.39, 0.29) is 10.6 Å². The van der Waals surface area contributed by atoms with Crippen LogP contribution in [0.1, 0.15) is 5.56 Å². The van der Waals surface area contributed by atoms with Crippen molar-refractivity contribution >= 4 is 16.6 Å². The smallest absolute Gasteiger partial charge is 0.293 e. The Morgan fingerprint density at radius 2 is 2.14 bits per heavy atom. The van der Waals surface area contributed by atoms with E-state index in [1.54, 1.807) is 19.4 Å². The van der Waals surface area contributed by atoms with Crippen LogP contribution in [-0.4, -0.2) is 21.6 Å². The molecule has 1 aromatic carbocycles. The minimum absolute atomic E-state index is 0.0976. The number of nitrogens with zero attached hydrogens (tertiary/aromatic N) is 3. The number of benzene rings is 1. The summed E-state index contributed by atoms with van der Waals surface area (Å²) in [6.07, 6.45) is 3.49. The van der Waals surface area contributed by atoms with Crippen LogP contribution in [0.4, 0.5) is 5.69 Å². The number of fused-ring (bicyclic) bond motifs is 1. The quantitative estimate of drug-likeness (QED) is 0.545. The Kier molecular flexibility index (Phi) is 3.27. The van der Waals surface area contributed by atoms with Crippen molar-refractivity contribution < 1.29 is 9.66 Å². The number of rotatable bonds is 4. The van der Waals surface area contributed by atoms with Gasteiger partial charge >= 0.3 is 0 Å². The van der Waals surface area contributed by atoms with Crippen LogP contribution in [0.2, 0.25) is 0 Å². The number of nitro benzene ring substituents is 1. The average Bonchev–Trinajstić information content (AvgIpc) is 2.91. The van der Waals surface area contributed by atoms with Crippen LogP contribution in [0, 0.1) is 10.1 Å². The molecule has 0 saturated carbocycles. The number of para-hydroxylation sites is 1. The summed E-state index contributed by atoms with van der Waals surface area (Å²) in [5.74, 6) is 0.526. The zero-order valence-electron chi connectivity index (χ0n) is 11.4. The molecule has 0 aliphatic rings. The zero-order valence-corrected chi connectivity index (χ0v) is 11.4. The maximum absolute atomic E-state index is 11.2. The van der Waals surface area contributed by atoms with Gasteiger partial charge in [0, 0.05) is 29.4 Å². The van der Waals surface area contributed by atoms with Gasteiger partial charge in [-0.3, -0.25) is 10.1 Å². The summed E-state index contributed by atoms with van der Waals surface area (Å²) in [6.45, 7) is 0.464. The van der Waals surface area contributed by atoms with Crippen molar-refractivity contribution in [1.82, 2.24) is 9.55 Å². The van der Waals surface area contributed by atoms with Gasteiger partial charge in [-0.1, -0.05) is 18.2 Å². The SMILES string of the molecule is COc1ncccc1Cn1ccc2cccc([N+](=O)[O-])c21. The van der Waals surface area contributed by atoms with Gasteiger partial charge in [0.15, 0.2) is 0 Å². The van der Waals surface area contributed by atoms with Gasteiger partial charge in [-0.15, -0.1) is 0 Å². The molecule has 2 aromatic heterocycles. The van der Waals surface area contributed by atoms with Gasteiger partial charge in [-0.05, 0) is 12.1 Å². The molecule has 6 heteroatoms. The van der Waals surface area contributed by atoms with E-state index in [1.165, 1.54) is 6.07 Å². The lowest BCUT2D eigenvalue weighted by Crippen LogP contribution is -2.03. The van der Waals surface area contributed by atoms with E-state index in [1.807, 2.05) is 35.0 Å². The summed E-state index contributed by atoms with van der Waals surface area (Å²) >= 11 is 0. The summed E-state index contributed by atoms with van der Waals surface area (Å²) in [7, 11) is 1.56. The topological polar surface area (TPSA) is 70.2 Å². The standard InChI is InChI=1S/C15H13N3O3/c1-21-15-12(5-3-8-16-15)10-17-9-7-11-4-2-6-13(14(11)17)18(19)20/h2-9H,10H2,1H3. The lowest BCUT2D eigenvalue weighted by molar-refractivity contribution is -0.383. The van der Waals surface area contributed by atoms with E-state index in [0.717, 1.165) is 10.9 Å². The molecule has 21 heavy (non-hydrogen) atoms. The Bertz CT molecular complexity index is 811. The third-order valence-corrected chi connectivity index (χ3v) is 3.35. The Hall–Kier alpha value is -2.89. The summed E-state index contributed by atoms with van der Waals surface area (Å²) in [4.78, 5) is 15.0. The first-order valence-corrected chi connectivity index (χ1v) is 6.41. The van der Waals surface area contributed by atoms with Crippen LogP contribution < -0.4 is 4.74 Å². The van der Waals surface area contributed by atoms with Gasteiger partial charge in [-0.2, -0.15) is 0 Å². The lowest BCUT2D eigenvalue weighted by Gasteiger charge is -2.09. The van der Waals surface area contributed by atoms with Gasteiger partial charge in [0.1, 0.15) is 5.52 Å². The van der Waals surface area contributed by atoms with E-state index >= 15 is 0 Å². The minimum atomic E-state index is -0.362. The Balaban J connectivity index is 2.11. The van der Waals surface area contributed by atoms with Crippen molar-refractivity contribution in [2.75, 3.05) is 7.11 Å². The summed E-state index contributed by atoms with van der Waals surface area (Å²) in [5.41, 5.74) is 1.57. The Morgan fingerprint density at radius 3 is 2.90 bits per heavy atom. The maximum Gasteiger partial charge on any atom is 0.293 e. The fraction of sp³-hybridized carbons (Fsp3) is 0.133. The molecule has 2 heterocycles. The monoisotopic (exact) mass is 283 g/mol. The van der Waals surface area contributed by atoms with Crippen molar-refractivity contribution in [1.29, 1.82) is 0 Å². The van der Waals surface area contributed by atoms with E-state index in [9.17, 15) is 10.1 Å². The highest BCUT2D eigenvalue weighted by Crippen LogP contribution is 2.28. The molecule has 106 valence electrons. The highest BCUT2D eigenvalue weighted by molar-refractivity contribution is 5.88. The molecule has 0 N–H and O–H groups in total. The van der Waals surface area contributed by atoms with E-state index in [4.69, 9.17) is 4.74 Å². The van der Waals surface area contributed by atoms with Gasteiger partial charge in [0.25, 0.3) is 5.69 Å². The van der Waals surface area contributed by atoms with E-state index in [2.05, 4.69) is 4.98 Å². The number of methoxy groups -OCH3 is 1. The molecule has 0 saturated heterocycles. The zero-order chi connectivity index (χ0) is 14.8. The lowest BCUT2D eigenvalue weighted by atomic mass is 10.2. The predicted molar refractivity (Wildman–Crippen MR) is 78.5 cm³/mol. The summed E-state index contributed by atoms with van der Waals surface area (Å²) < 4.78 is 7.07. The van der Waals surface area contributed by atoms with Gasteiger partial charge in [0.05, 0.1) is 18.6 Å². The van der Waals surface area contributed by atoms with Gasteiger partial charge < -0.3 is 9.30 Å². The molecule has 0 aliphatic carbocycles. The fourth-order valence-corrected chi connectivity index (χ4v) is 2.43. The first-order valence-electron chi connectivity index (χ1n) is 6.41. The Labute approximate surface area is 120 Å². The second-order valence-corrected chi connectivity index (χ2v) is 4.59. The van der Waals surface area contributed by atoms with Gasteiger partial charge in [-0.25, -0.2) is 4.98 Å². The molecule has 0 unspecified atom stereocenters. The molecule has 0 fully saturated rings. The molecule has 3 aromatic rings. The average molecular weight is 283 g/mol. The van der Waals surface area contributed by atoms with Crippen LogP contribution in [-0.2, 0) is 6.54 Å². The molecular weight excluding hydrogens is 270 g/mol. The molecule has 0 amide bonds. The maximum atomic E-state index is 11.2. The molecule has 0 bridgehead atoms. The number of aromatic nitrogens is 2. The van der Waals surface area contributed by atoms with Gasteiger partial charge in [0.2, 0.25) is 5.88 Å². The number of pyridine rings is 1. The molecule has 0 aliphatic heterocycles. The second kappa shape index (κ2) is 5.24. The Morgan fingerprint density at radius 1 is 1.29 bits per heavy atom. The van der Waals surface area contributed by atoms with E-state index < -0.39 is 0 Å². The molecular formula is C15H13N3O3. The fourth-order valence-electron chi connectivity index (χ4n) is 2.43. The molecule has 0 atom stereocenters. The van der Waals surface area contributed by atoms with Crippen LogP contribution in [0.25, 0.3) is 10.9 Å². The number of hydrogen-bond acceptors (Lipinski definition) is 4. The van der Waals surface area contributed by atoms with Crippen molar-refractivity contribution in [2.24, 2.45) is 0 Å². The number of nitro groups is 1. The van der Waals surface area contributed by atoms with Crippen molar-refractivity contribution in [3.63, 3.8) is 0 Å². The molecule has 6 nitrogen and oxygen atoms in total. The highest BCUT2D eigenvalue weighted by atomic mass is 16.6. The van der Waals surface area contributed by atoms with Crippen molar-refractivity contribution in [2.45, 2.75) is 6.54 Å². The highest BCUT2D eigenvalue weighted by Gasteiger charge is 2.16. The molecule has 3 rings (SSSR count). The van der Waals surface area contributed by atoms with Crippen molar-refractivity contribution in [3.8, 4) is 5.88 Å². The third kappa shape index (κ3) is 2.31. The molecule has 0 spiro atoms. The van der Waals surface area contributed by atoms with Crippen molar-refractivity contribution in [3.05, 3.63) is 64.5 Å². The normalized spacial score (nSPS) is 10.7. The predicted octanol–water partition coefficient (Wildman–Crippen LogP) is 3.00. The second-order valence-electron chi connectivity index (χ2n) is 4.59. The van der Waals surface area contributed by atoms with E-state index in [0.29, 0.717) is 17.9 Å². The largest absolute Gasteiger partial charge is 0.481 e. The first kappa shape index (κ1) is 13.1. The first-order chi connectivity index (χ1) is 10.2. The number of non-ortho nitro benzene ring substituents is 1. The summed E-state index contributed by atoms with van der Waals surface area (Å²) in [6, 6.07) is 10.6. The van der Waals surface area contributed by atoms with Crippen LogP contribution in [0.5, 0.6) is 5.88 Å².